The first-order valence-corrected chi connectivity index (χ1v) is 13.4. The zero-order chi connectivity index (χ0) is 24.7. The molecule has 11 heteroatoms. The quantitative estimate of drug-likeness (QED) is 0.411. The lowest BCUT2D eigenvalue weighted by Crippen LogP contribution is -2.28. The molecule has 3 aliphatic carbocycles. The lowest BCUT2D eigenvalue weighted by atomic mass is 9.84. The van der Waals surface area contributed by atoms with Crippen molar-refractivity contribution in [2.24, 2.45) is 24.8 Å². The maximum atomic E-state index is 13.2. The summed E-state index contributed by atoms with van der Waals surface area (Å²) in [6.07, 6.45) is 4.45. The first-order valence-electron chi connectivity index (χ1n) is 12.1. The number of halogens is 2. The topological polar surface area (TPSA) is 88.1 Å². The first-order chi connectivity index (χ1) is 16.8. The maximum absolute atomic E-state index is 13.2. The fourth-order valence-corrected chi connectivity index (χ4v) is 6.12. The molecule has 35 heavy (non-hydrogen) atoms. The Balaban J connectivity index is 1.29. The highest BCUT2D eigenvalue weighted by Gasteiger charge is 2.34. The van der Waals surface area contributed by atoms with E-state index in [9.17, 15) is 18.4 Å². The van der Waals surface area contributed by atoms with Gasteiger partial charge in [-0.05, 0) is 62.3 Å². The fraction of sp³-hybridized carbons (Fsp3) is 0.583. The molecule has 1 atom stereocenters. The lowest BCUT2D eigenvalue weighted by Gasteiger charge is -2.23. The molecule has 5 rings (SSSR count). The van der Waals surface area contributed by atoms with Crippen molar-refractivity contribution in [3.05, 3.63) is 27.8 Å². The molecule has 2 saturated carbocycles. The molecule has 3 aliphatic rings. The average molecular weight is 522 g/mol. The molecule has 188 valence electrons. The highest BCUT2D eigenvalue weighted by atomic mass is 32.1. The smallest absolute Gasteiger partial charge is 0.282 e. The molecule has 0 unspecified atom stereocenters. The fourth-order valence-electron chi connectivity index (χ4n) is 4.53. The second kappa shape index (κ2) is 9.93. The van der Waals surface area contributed by atoms with Crippen LogP contribution in [-0.2, 0) is 24.7 Å². The summed E-state index contributed by atoms with van der Waals surface area (Å²) in [6.45, 7) is 0.669. The average Bonchev–Trinajstić information content (AvgIpc) is 3.73. The van der Waals surface area contributed by atoms with E-state index in [1.165, 1.54) is 22.1 Å². The Morgan fingerprint density at radius 2 is 1.97 bits per heavy atom. The van der Waals surface area contributed by atoms with Crippen molar-refractivity contribution in [2.75, 3.05) is 17.2 Å². The number of rotatable bonds is 9. The zero-order valence-corrected chi connectivity index (χ0v) is 21.2. The summed E-state index contributed by atoms with van der Waals surface area (Å²) >= 11 is 7.06. The van der Waals surface area contributed by atoms with E-state index in [2.05, 4.69) is 21.0 Å². The number of carbonyl (C=O) groups excluding carboxylic acids is 2. The van der Waals surface area contributed by atoms with E-state index >= 15 is 0 Å². The molecule has 0 radical (unpaired) electrons. The monoisotopic (exact) mass is 521 g/mol. The van der Waals surface area contributed by atoms with E-state index in [1.807, 2.05) is 0 Å². The van der Waals surface area contributed by atoms with Gasteiger partial charge < -0.3 is 16.0 Å². The van der Waals surface area contributed by atoms with Gasteiger partial charge in [0.05, 0.1) is 10.6 Å². The zero-order valence-electron chi connectivity index (χ0n) is 19.5. The molecular formula is C24H29F2N5O2S2. The van der Waals surface area contributed by atoms with E-state index in [0.717, 1.165) is 49.0 Å². The number of alkyl halides is 2. The van der Waals surface area contributed by atoms with Crippen LogP contribution >= 0.6 is 23.6 Å². The minimum atomic E-state index is -2.64. The van der Waals surface area contributed by atoms with Crippen LogP contribution in [0.5, 0.6) is 0 Å². The van der Waals surface area contributed by atoms with Gasteiger partial charge >= 0.3 is 0 Å². The van der Waals surface area contributed by atoms with Crippen molar-refractivity contribution in [1.82, 2.24) is 15.1 Å². The molecule has 3 N–H and O–H groups in total. The number of thiocarbonyl (C=S) groups is 1. The predicted molar refractivity (Wildman–Crippen MR) is 135 cm³/mol. The Morgan fingerprint density at radius 3 is 2.63 bits per heavy atom. The summed E-state index contributed by atoms with van der Waals surface area (Å²) in [6, 6.07) is 1.31. The van der Waals surface area contributed by atoms with Crippen LogP contribution in [0, 0.1) is 17.8 Å². The summed E-state index contributed by atoms with van der Waals surface area (Å²) in [7, 11) is 1.60. The number of hydrogen-bond acceptors (Lipinski definition) is 5. The molecule has 2 aromatic rings. The number of hydrogen-bond donors (Lipinski definition) is 3. The van der Waals surface area contributed by atoms with E-state index in [1.54, 1.807) is 7.05 Å². The van der Waals surface area contributed by atoms with Crippen LogP contribution in [0.25, 0.3) is 0 Å². The minimum absolute atomic E-state index is 0.00103. The Hall–Kier alpha value is -2.40. The number of nitrogens with one attached hydrogen (secondary N) is 3. The van der Waals surface area contributed by atoms with E-state index in [-0.39, 0.29) is 29.3 Å². The van der Waals surface area contributed by atoms with Crippen molar-refractivity contribution in [1.29, 1.82) is 0 Å². The molecule has 0 bridgehead atoms. The second-order valence-corrected chi connectivity index (χ2v) is 11.5. The van der Waals surface area contributed by atoms with Crippen LogP contribution in [0.15, 0.2) is 6.07 Å². The summed E-state index contributed by atoms with van der Waals surface area (Å²) in [5, 5.41) is 13.6. The number of carbonyl (C=O) groups is 2. The van der Waals surface area contributed by atoms with Gasteiger partial charge in [-0.25, -0.2) is 8.78 Å². The minimum Gasteiger partial charge on any atom is -0.352 e. The largest absolute Gasteiger partial charge is 0.352 e. The summed E-state index contributed by atoms with van der Waals surface area (Å²) < 4.78 is 27.3. The van der Waals surface area contributed by atoms with Gasteiger partial charge in [-0.3, -0.25) is 14.3 Å². The standard InChI is InChI=1S/C24H29F2N5O2S2/c1-31-18(10-16(30-31)21(25)26)28-19(34)9-13-4-7-17-15(8-13)20(23(33)27-11-12-2-3-12)24(35-17)29-22(32)14-5-6-14/h10,12-14,21H,2-9,11H2,1H3,(H,27,33)(H,28,34)(H,29,32)/t13-/m0/s1. The van der Waals surface area contributed by atoms with Crippen molar-refractivity contribution < 1.29 is 18.4 Å². The molecular weight excluding hydrogens is 492 g/mol. The van der Waals surface area contributed by atoms with Crippen LogP contribution in [-0.4, -0.2) is 33.1 Å². The Morgan fingerprint density at radius 1 is 1.20 bits per heavy atom. The maximum Gasteiger partial charge on any atom is 0.282 e. The first kappa shape index (κ1) is 24.3. The molecule has 2 amide bonds. The lowest BCUT2D eigenvalue weighted by molar-refractivity contribution is -0.117. The summed E-state index contributed by atoms with van der Waals surface area (Å²) in [5.41, 5.74) is 1.33. The third kappa shape index (κ3) is 5.72. The van der Waals surface area contributed by atoms with Crippen molar-refractivity contribution >= 4 is 51.2 Å². The van der Waals surface area contributed by atoms with Gasteiger partial charge in [0.2, 0.25) is 5.91 Å². The van der Waals surface area contributed by atoms with E-state index in [4.69, 9.17) is 12.2 Å². The van der Waals surface area contributed by atoms with Crippen LogP contribution in [0.1, 0.15) is 71.4 Å². The molecule has 0 aliphatic heterocycles. The molecule has 7 nitrogen and oxygen atoms in total. The Bertz CT molecular complexity index is 1150. The predicted octanol–water partition coefficient (Wildman–Crippen LogP) is 4.84. The third-order valence-corrected chi connectivity index (χ3v) is 8.36. The number of anilines is 2. The van der Waals surface area contributed by atoms with Crippen molar-refractivity contribution in [3.8, 4) is 0 Å². The molecule has 2 fully saturated rings. The molecule has 0 aromatic carbocycles. The highest BCUT2D eigenvalue weighted by molar-refractivity contribution is 7.80. The number of thiophene rings is 1. The van der Waals surface area contributed by atoms with E-state index < -0.39 is 6.43 Å². The SMILES string of the molecule is Cn1nc(C(F)F)cc1NC(=S)C[C@H]1CCc2sc(NC(=O)C3CC3)c(C(=O)NCC3CC3)c2C1. The Kier molecular flexibility index (Phi) is 6.89. The van der Waals surface area contributed by atoms with Crippen LogP contribution < -0.4 is 16.0 Å². The normalized spacial score (nSPS) is 19.4. The Labute approximate surface area is 212 Å². The molecule has 2 aromatic heterocycles. The van der Waals surface area contributed by atoms with Gasteiger partial charge in [0.1, 0.15) is 16.5 Å². The number of nitrogens with zero attached hydrogens (tertiary/aromatic N) is 2. The highest BCUT2D eigenvalue weighted by Crippen LogP contribution is 2.42. The summed E-state index contributed by atoms with van der Waals surface area (Å²) in [4.78, 5) is 27.4. The van der Waals surface area contributed by atoms with E-state index in [0.29, 0.717) is 46.7 Å². The molecule has 2 heterocycles. The number of fused-ring (bicyclic) bond motifs is 1. The van der Waals surface area contributed by atoms with Crippen LogP contribution in [0.4, 0.5) is 19.6 Å². The van der Waals surface area contributed by atoms with Gasteiger partial charge in [-0.2, -0.15) is 5.10 Å². The van der Waals surface area contributed by atoms with Gasteiger partial charge in [0.15, 0.2) is 0 Å². The molecule has 0 saturated heterocycles. The number of amides is 2. The van der Waals surface area contributed by atoms with Crippen molar-refractivity contribution in [3.63, 3.8) is 0 Å². The number of aromatic nitrogens is 2. The molecule has 0 spiro atoms. The van der Waals surface area contributed by atoms with Crippen molar-refractivity contribution in [2.45, 2.75) is 57.8 Å². The second-order valence-electron chi connectivity index (χ2n) is 9.86. The van der Waals surface area contributed by atoms with Crippen LogP contribution in [0.3, 0.4) is 0 Å². The van der Waals surface area contributed by atoms with Gasteiger partial charge in [-0.1, -0.05) is 12.2 Å². The summed E-state index contributed by atoms with van der Waals surface area (Å²) in [5.74, 6) is 1.15. The third-order valence-electron chi connectivity index (χ3n) is 6.89. The number of aryl methyl sites for hydroxylation is 2. The van der Waals surface area contributed by atoms with Gasteiger partial charge in [0.25, 0.3) is 12.3 Å². The van der Waals surface area contributed by atoms with Crippen LogP contribution in [0.2, 0.25) is 0 Å². The van der Waals surface area contributed by atoms with Gasteiger partial charge in [0, 0.05) is 36.9 Å². The van der Waals surface area contributed by atoms with Gasteiger partial charge in [-0.15, -0.1) is 11.3 Å².